The number of rotatable bonds is 6. The molecule has 146 valence electrons. The minimum absolute atomic E-state index is 0. The maximum absolute atomic E-state index is 4.35. The summed E-state index contributed by atoms with van der Waals surface area (Å²) in [5.74, 6) is 0.846. The van der Waals surface area contributed by atoms with Gasteiger partial charge < -0.3 is 15.5 Å². The minimum atomic E-state index is 0. The molecule has 0 amide bonds. The van der Waals surface area contributed by atoms with Crippen molar-refractivity contribution < 1.29 is 0 Å². The monoisotopic (exact) mass is 496 g/mol. The van der Waals surface area contributed by atoms with Gasteiger partial charge in [-0.2, -0.15) is 0 Å². The van der Waals surface area contributed by atoms with Gasteiger partial charge in [0.15, 0.2) is 5.96 Å². The molecule has 6 heteroatoms. The molecule has 2 aromatic rings. The highest BCUT2D eigenvalue weighted by Gasteiger charge is 2.09. The van der Waals surface area contributed by atoms with Gasteiger partial charge in [0.1, 0.15) is 0 Å². The summed E-state index contributed by atoms with van der Waals surface area (Å²) in [7, 11) is 1.82. The van der Waals surface area contributed by atoms with E-state index in [0.29, 0.717) is 6.04 Å². The van der Waals surface area contributed by atoms with Gasteiger partial charge in [0.05, 0.1) is 0 Å². The molecule has 1 aliphatic rings. The Morgan fingerprint density at radius 2 is 1.85 bits per heavy atom. The van der Waals surface area contributed by atoms with E-state index in [2.05, 4.69) is 82.9 Å². The Morgan fingerprint density at radius 1 is 1.15 bits per heavy atom. The first-order chi connectivity index (χ1) is 12.6. The van der Waals surface area contributed by atoms with E-state index in [4.69, 9.17) is 0 Å². The summed E-state index contributed by atoms with van der Waals surface area (Å²) in [5, 5.41) is 6.89. The Hall–Kier alpha value is -1.54. The molecule has 0 radical (unpaired) electrons. The fraction of sp³-hybridized carbons (Fsp3) is 0.381. The summed E-state index contributed by atoms with van der Waals surface area (Å²) in [4.78, 5) is 9.48. The number of thiophene rings is 1. The molecule has 0 saturated heterocycles. The van der Waals surface area contributed by atoms with Gasteiger partial charge in [0.25, 0.3) is 0 Å². The standard InChI is InChI=1S/C21H28N4S.HI/c1-16(14-20-11-6-17(2)26-20)24-21(22-3)23-15-18-7-9-19(10-8-18)25-12-4-5-13-25;/h4-11,16H,12-15H2,1-3H3,(H2,22,23,24);1H. The zero-order valence-corrected chi connectivity index (χ0v) is 19.4. The number of aliphatic imine (C=N–C) groups is 1. The number of anilines is 1. The zero-order chi connectivity index (χ0) is 18.4. The van der Waals surface area contributed by atoms with E-state index in [9.17, 15) is 0 Å². The molecule has 0 saturated carbocycles. The lowest BCUT2D eigenvalue weighted by molar-refractivity contribution is 0.645. The average molecular weight is 496 g/mol. The molecule has 0 bridgehead atoms. The summed E-state index contributed by atoms with van der Waals surface area (Å²) in [6.07, 6.45) is 5.44. The van der Waals surface area contributed by atoms with Gasteiger partial charge in [0, 0.05) is 54.6 Å². The van der Waals surface area contributed by atoms with E-state index in [1.165, 1.54) is 21.0 Å². The van der Waals surface area contributed by atoms with Crippen LogP contribution in [0.2, 0.25) is 0 Å². The van der Waals surface area contributed by atoms with Crippen LogP contribution in [-0.2, 0) is 13.0 Å². The number of nitrogens with one attached hydrogen (secondary N) is 2. The predicted octanol–water partition coefficient (Wildman–Crippen LogP) is 4.35. The second-order valence-corrected chi connectivity index (χ2v) is 8.10. The molecule has 1 aliphatic heterocycles. The number of hydrogen-bond donors (Lipinski definition) is 2. The van der Waals surface area contributed by atoms with Crippen LogP contribution in [0.5, 0.6) is 0 Å². The van der Waals surface area contributed by atoms with E-state index in [1.54, 1.807) is 0 Å². The molecule has 1 aromatic carbocycles. The topological polar surface area (TPSA) is 39.7 Å². The molecular weight excluding hydrogens is 467 g/mol. The Morgan fingerprint density at radius 3 is 2.44 bits per heavy atom. The predicted molar refractivity (Wildman–Crippen MR) is 129 cm³/mol. The van der Waals surface area contributed by atoms with Crippen LogP contribution in [0.25, 0.3) is 0 Å². The Balaban J connectivity index is 0.00000261. The summed E-state index contributed by atoms with van der Waals surface area (Å²) in [5.41, 5.74) is 2.53. The van der Waals surface area contributed by atoms with Crippen molar-refractivity contribution in [3.63, 3.8) is 0 Å². The van der Waals surface area contributed by atoms with E-state index >= 15 is 0 Å². The van der Waals surface area contributed by atoms with Gasteiger partial charge in [-0.15, -0.1) is 35.3 Å². The third-order valence-electron chi connectivity index (χ3n) is 4.49. The molecule has 0 spiro atoms. The first-order valence-electron chi connectivity index (χ1n) is 9.15. The van der Waals surface area contributed by atoms with Crippen molar-refractivity contribution in [3.05, 3.63) is 63.9 Å². The first-order valence-corrected chi connectivity index (χ1v) is 9.97. The van der Waals surface area contributed by atoms with Crippen LogP contribution in [0, 0.1) is 6.92 Å². The van der Waals surface area contributed by atoms with Gasteiger partial charge in [0.2, 0.25) is 0 Å². The summed E-state index contributed by atoms with van der Waals surface area (Å²) >= 11 is 1.86. The van der Waals surface area contributed by atoms with Gasteiger partial charge in [-0.05, 0) is 43.7 Å². The van der Waals surface area contributed by atoms with Crippen LogP contribution in [0.3, 0.4) is 0 Å². The molecule has 0 fully saturated rings. The van der Waals surface area contributed by atoms with Crippen molar-refractivity contribution in [3.8, 4) is 0 Å². The normalized spacial score (nSPS) is 14.8. The largest absolute Gasteiger partial charge is 0.364 e. The van der Waals surface area contributed by atoms with E-state index in [-0.39, 0.29) is 24.0 Å². The van der Waals surface area contributed by atoms with Gasteiger partial charge >= 0.3 is 0 Å². The molecule has 1 atom stereocenters. The van der Waals surface area contributed by atoms with Gasteiger partial charge in [-0.3, -0.25) is 4.99 Å². The quantitative estimate of drug-likeness (QED) is 0.271. The molecule has 1 aromatic heterocycles. The Labute approximate surface area is 183 Å². The van der Waals surface area contributed by atoms with Crippen LogP contribution < -0.4 is 15.5 Å². The number of benzene rings is 1. The highest BCUT2D eigenvalue weighted by atomic mass is 127. The number of aryl methyl sites for hydroxylation is 1. The van der Waals surface area contributed by atoms with Crippen molar-refractivity contribution in [2.24, 2.45) is 4.99 Å². The minimum Gasteiger partial charge on any atom is -0.364 e. The SMILES string of the molecule is CN=C(NCc1ccc(N2CC=CC2)cc1)NC(C)Cc1ccc(C)s1.I. The lowest BCUT2D eigenvalue weighted by Crippen LogP contribution is -2.42. The van der Waals surface area contributed by atoms with Crippen LogP contribution in [0.15, 0.2) is 53.5 Å². The number of halogens is 1. The molecule has 27 heavy (non-hydrogen) atoms. The number of nitrogens with zero attached hydrogens (tertiary/aromatic N) is 2. The molecule has 1 unspecified atom stereocenters. The smallest absolute Gasteiger partial charge is 0.191 e. The third-order valence-corrected chi connectivity index (χ3v) is 5.51. The summed E-state index contributed by atoms with van der Waals surface area (Å²) in [6.45, 7) is 7.13. The maximum Gasteiger partial charge on any atom is 0.191 e. The lowest BCUT2D eigenvalue weighted by atomic mass is 10.2. The molecule has 4 nitrogen and oxygen atoms in total. The fourth-order valence-electron chi connectivity index (χ4n) is 3.07. The average Bonchev–Trinajstić information content (AvgIpc) is 3.31. The first kappa shape index (κ1) is 21.8. The molecule has 3 rings (SSSR count). The van der Waals surface area contributed by atoms with Crippen LogP contribution in [-0.4, -0.2) is 32.1 Å². The summed E-state index contributed by atoms with van der Waals surface area (Å²) < 4.78 is 0. The maximum atomic E-state index is 4.35. The van der Waals surface area contributed by atoms with E-state index < -0.39 is 0 Å². The second-order valence-electron chi connectivity index (χ2n) is 6.73. The molecule has 2 N–H and O–H groups in total. The lowest BCUT2D eigenvalue weighted by Gasteiger charge is -2.19. The van der Waals surface area contributed by atoms with E-state index in [0.717, 1.165) is 32.0 Å². The third kappa shape index (κ3) is 6.53. The summed E-state index contributed by atoms with van der Waals surface area (Å²) in [6, 6.07) is 13.5. The van der Waals surface area contributed by atoms with Crippen LogP contribution in [0.4, 0.5) is 5.69 Å². The molecular formula is C21H29IN4S. The van der Waals surface area contributed by atoms with Gasteiger partial charge in [-0.25, -0.2) is 0 Å². The highest BCUT2D eigenvalue weighted by molar-refractivity contribution is 14.0. The van der Waals surface area contributed by atoms with Crippen molar-refractivity contribution in [2.75, 3.05) is 25.0 Å². The van der Waals surface area contributed by atoms with Crippen molar-refractivity contribution in [2.45, 2.75) is 32.9 Å². The van der Waals surface area contributed by atoms with Crippen LogP contribution in [0.1, 0.15) is 22.2 Å². The number of guanidine groups is 1. The zero-order valence-electron chi connectivity index (χ0n) is 16.2. The Kier molecular flexibility index (Phi) is 8.63. The van der Waals surface area contributed by atoms with Crippen LogP contribution >= 0.6 is 35.3 Å². The number of hydrogen-bond acceptors (Lipinski definition) is 3. The fourth-order valence-corrected chi connectivity index (χ4v) is 4.09. The van der Waals surface area contributed by atoms with Gasteiger partial charge in [-0.1, -0.05) is 24.3 Å². The molecule has 0 aliphatic carbocycles. The molecule has 2 heterocycles. The van der Waals surface area contributed by atoms with Crippen molar-refractivity contribution >= 4 is 47.0 Å². The van der Waals surface area contributed by atoms with Crippen molar-refractivity contribution in [1.82, 2.24) is 10.6 Å². The second kappa shape index (κ2) is 10.7. The van der Waals surface area contributed by atoms with Crippen molar-refractivity contribution in [1.29, 1.82) is 0 Å². The van der Waals surface area contributed by atoms with E-state index in [1.807, 2.05) is 18.4 Å². The Bertz CT molecular complexity index is 759. The highest BCUT2D eigenvalue weighted by Crippen LogP contribution is 2.18.